The van der Waals surface area contributed by atoms with Crippen molar-refractivity contribution in [3.63, 3.8) is 0 Å². The number of nitrogens with zero attached hydrogens (tertiary/aromatic N) is 2. The van der Waals surface area contributed by atoms with E-state index in [9.17, 15) is 4.79 Å². The maximum Gasteiger partial charge on any atom is 0.238 e. The van der Waals surface area contributed by atoms with Crippen molar-refractivity contribution < 1.29 is 4.79 Å². The zero-order chi connectivity index (χ0) is 18.8. The Hall–Kier alpha value is -1.95. The molecule has 6 heteroatoms. The number of benzene rings is 2. The molecular weight excluding hydrogens is 378 g/mol. The molecule has 1 amide bonds. The molecule has 4 nitrogen and oxygen atoms in total. The van der Waals surface area contributed by atoms with Crippen molar-refractivity contribution in [3.8, 4) is 0 Å². The van der Waals surface area contributed by atoms with Crippen molar-refractivity contribution in [2.45, 2.75) is 32.2 Å². The highest BCUT2D eigenvalue weighted by Crippen LogP contribution is 2.35. The lowest BCUT2D eigenvalue weighted by molar-refractivity contribution is -0.118. The topological polar surface area (TPSA) is 45.2 Å². The number of aryl methyl sites for hydroxylation is 1. The summed E-state index contributed by atoms with van der Waals surface area (Å²) in [5.41, 5.74) is 2.83. The zero-order valence-corrected chi connectivity index (χ0v) is 16.8. The Morgan fingerprint density at radius 2 is 2.15 bits per heavy atom. The summed E-state index contributed by atoms with van der Waals surface area (Å²) in [6.45, 7) is 3.26. The van der Waals surface area contributed by atoms with Crippen LogP contribution in [-0.2, 0) is 4.79 Å². The highest BCUT2D eigenvalue weighted by molar-refractivity contribution is 7.18. The lowest BCUT2D eigenvalue weighted by Crippen LogP contribution is -2.39. The molecule has 4 rings (SSSR count). The van der Waals surface area contributed by atoms with Crippen LogP contribution in [0.3, 0.4) is 0 Å². The third kappa shape index (κ3) is 4.15. The molecule has 1 saturated heterocycles. The number of piperidine rings is 1. The van der Waals surface area contributed by atoms with Gasteiger partial charge in [0.2, 0.25) is 5.91 Å². The number of aromatic nitrogens is 1. The van der Waals surface area contributed by atoms with Gasteiger partial charge in [-0.25, -0.2) is 4.98 Å². The van der Waals surface area contributed by atoms with E-state index in [0.717, 1.165) is 41.2 Å². The number of hydrogen-bond acceptors (Lipinski definition) is 4. The average molecular weight is 400 g/mol. The second-order valence-corrected chi connectivity index (χ2v) is 8.51. The van der Waals surface area contributed by atoms with E-state index in [1.165, 1.54) is 11.1 Å². The quantitative estimate of drug-likeness (QED) is 0.636. The Morgan fingerprint density at radius 1 is 1.30 bits per heavy atom. The van der Waals surface area contributed by atoms with Crippen LogP contribution in [0, 0.1) is 6.92 Å². The molecule has 1 aliphatic rings. The van der Waals surface area contributed by atoms with Gasteiger partial charge in [0.05, 0.1) is 22.8 Å². The largest absolute Gasteiger partial charge is 0.325 e. The van der Waals surface area contributed by atoms with Gasteiger partial charge in [-0.15, -0.1) is 11.3 Å². The van der Waals surface area contributed by atoms with Crippen LogP contribution in [0.5, 0.6) is 0 Å². The third-order valence-electron chi connectivity index (χ3n) is 5.03. The number of anilines is 1. The molecule has 2 heterocycles. The normalized spacial score (nSPS) is 17.9. The Kier molecular flexibility index (Phi) is 5.43. The van der Waals surface area contributed by atoms with Gasteiger partial charge >= 0.3 is 0 Å². The summed E-state index contributed by atoms with van der Waals surface area (Å²) in [5.74, 6) is -0.00613. The van der Waals surface area contributed by atoms with E-state index in [1.54, 1.807) is 17.4 Å². The van der Waals surface area contributed by atoms with Crippen LogP contribution < -0.4 is 5.32 Å². The molecule has 0 saturated carbocycles. The second kappa shape index (κ2) is 7.97. The average Bonchev–Trinajstić information content (AvgIpc) is 3.09. The Balaban J connectivity index is 1.50. The summed E-state index contributed by atoms with van der Waals surface area (Å²) in [6.07, 6.45) is 3.33. The van der Waals surface area contributed by atoms with Gasteiger partial charge in [-0.1, -0.05) is 36.2 Å². The minimum Gasteiger partial charge on any atom is -0.325 e. The highest BCUT2D eigenvalue weighted by Gasteiger charge is 2.28. The van der Waals surface area contributed by atoms with E-state index in [4.69, 9.17) is 16.6 Å². The molecule has 0 bridgehead atoms. The maximum atomic E-state index is 12.7. The third-order valence-corrected chi connectivity index (χ3v) is 6.40. The molecule has 1 fully saturated rings. The van der Waals surface area contributed by atoms with E-state index in [2.05, 4.69) is 22.3 Å². The van der Waals surface area contributed by atoms with Crippen molar-refractivity contribution in [3.05, 3.63) is 58.1 Å². The lowest BCUT2D eigenvalue weighted by Gasteiger charge is -2.33. The standard InChI is InChI=1S/C21H22ClN3OS/c1-14-9-10-15(22)12-17(14)23-20(26)13-25-11-5-4-7-18(25)21-24-16-6-2-3-8-19(16)27-21/h2-3,6,8-10,12,18H,4-5,7,11,13H2,1H3,(H,23,26)/t18-/m0/s1. The van der Waals surface area contributed by atoms with Gasteiger partial charge in [-0.05, 0) is 56.1 Å². The van der Waals surface area contributed by atoms with Crippen LogP contribution in [0.25, 0.3) is 10.2 Å². The SMILES string of the molecule is Cc1ccc(Cl)cc1NC(=O)CN1CCCC[C@H]1c1nc2ccccc2s1. The highest BCUT2D eigenvalue weighted by atomic mass is 35.5. The molecule has 27 heavy (non-hydrogen) atoms. The van der Waals surface area contributed by atoms with Gasteiger partial charge in [0.15, 0.2) is 0 Å². The van der Waals surface area contributed by atoms with Gasteiger partial charge in [0.1, 0.15) is 5.01 Å². The van der Waals surface area contributed by atoms with Crippen LogP contribution in [0.2, 0.25) is 5.02 Å². The Bertz CT molecular complexity index is 938. The molecule has 1 atom stereocenters. The number of fused-ring (bicyclic) bond motifs is 1. The van der Waals surface area contributed by atoms with Crippen LogP contribution in [-0.4, -0.2) is 28.9 Å². The number of carbonyl (C=O) groups excluding carboxylic acids is 1. The smallest absolute Gasteiger partial charge is 0.238 e. The second-order valence-electron chi connectivity index (χ2n) is 7.01. The molecule has 0 spiro atoms. The fourth-order valence-corrected chi connectivity index (χ4v) is 4.90. The lowest BCUT2D eigenvalue weighted by atomic mass is 10.0. The van der Waals surface area contributed by atoms with Crippen molar-refractivity contribution in [2.24, 2.45) is 0 Å². The summed E-state index contributed by atoms with van der Waals surface area (Å²) in [5, 5.41) is 4.75. The number of hydrogen-bond donors (Lipinski definition) is 1. The monoisotopic (exact) mass is 399 g/mol. The number of para-hydroxylation sites is 1. The Morgan fingerprint density at radius 3 is 3.00 bits per heavy atom. The van der Waals surface area contributed by atoms with Crippen LogP contribution in [0.15, 0.2) is 42.5 Å². The molecule has 1 N–H and O–H groups in total. The van der Waals surface area contributed by atoms with E-state index < -0.39 is 0 Å². The molecule has 0 radical (unpaired) electrons. The number of thiazole rings is 1. The molecule has 0 aliphatic carbocycles. The molecule has 2 aromatic carbocycles. The number of likely N-dealkylation sites (tertiary alicyclic amines) is 1. The number of halogens is 1. The van der Waals surface area contributed by atoms with Crippen molar-refractivity contribution >= 4 is 44.7 Å². The number of nitrogens with one attached hydrogen (secondary N) is 1. The first kappa shape index (κ1) is 18.4. The molecule has 1 aliphatic heterocycles. The fourth-order valence-electron chi connectivity index (χ4n) is 3.60. The zero-order valence-electron chi connectivity index (χ0n) is 15.2. The predicted octanol–water partition coefficient (Wildman–Crippen LogP) is 5.42. The molecule has 0 unspecified atom stereocenters. The van der Waals surface area contributed by atoms with Crippen LogP contribution in [0.4, 0.5) is 5.69 Å². The first-order chi connectivity index (χ1) is 13.1. The Labute approximate surface area is 168 Å². The van der Waals surface area contributed by atoms with Crippen molar-refractivity contribution in [1.82, 2.24) is 9.88 Å². The summed E-state index contributed by atoms with van der Waals surface area (Å²) in [6, 6.07) is 14.0. The molecule has 140 valence electrons. The summed E-state index contributed by atoms with van der Waals surface area (Å²) in [7, 11) is 0. The minimum absolute atomic E-state index is 0.00613. The molecular formula is C21H22ClN3OS. The molecule has 3 aromatic rings. The van der Waals surface area contributed by atoms with Gasteiger partial charge < -0.3 is 5.32 Å². The van der Waals surface area contributed by atoms with Gasteiger partial charge in [0.25, 0.3) is 0 Å². The first-order valence-electron chi connectivity index (χ1n) is 9.26. The number of carbonyl (C=O) groups is 1. The number of amides is 1. The van der Waals surface area contributed by atoms with Crippen LogP contribution in [0.1, 0.15) is 35.9 Å². The minimum atomic E-state index is -0.00613. The van der Waals surface area contributed by atoms with Crippen LogP contribution >= 0.6 is 22.9 Å². The van der Waals surface area contributed by atoms with E-state index in [1.807, 2.05) is 31.2 Å². The summed E-state index contributed by atoms with van der Waals surface area (Å²) < 4.78 is 1.21. The van der Waals surface area contributed by atoms with Crippen molar-refractivity contribution in [1.29, 1.82) is 0 Å². The van der Waals surface area contributed by atoms with Crippen molar-refractivity contribution in [2.75, 3.05) is 18.4 Å². The van der Waals surface area contributed by atoms with Gasteiger partial charge in [-0.3, -0.25) is 9.69 Å². The maximum absolute atomic E-state index is 12.7. The van der Waals surface area contributed by atoms with Gasteiger partial charge in [0, 0.05) is 10.7 Å². The van der Waals surface area contributed by atoms with E-state index in [0.29, 0.717) is 11.6 Å². The van der Waals surface area contributed by atoms with Gasteiger partial charge in [-0.2, -0.15) is 0 Å². The van der Waals surface area contributed by atoms with E-state index in [-0.39, 0.29) is 11.9 Å². The fraction of sp³-hybridized carbons (Fsp3) is 0.333. The molecule has 1 aromatic heterocycles. The van der Waals surface area contributed by atoms with E-state index >= 15 is 0 Å². The summed E-state index contributed by atoms with van der Waals surface area (Å²) >= 11 is 7.81. The number of rotatable bonds is 4. The summed E-state index contributed by atoms with van der Waals surface area (Å²) in [4.78, 5) is 19.8. The first-order valence-corrected chi connectivity index (χ1v) is 10.4. The predicted molar refractivity (Wildman–Crippen MR) is 113 cm³/mol.